The Hall–Kier alpha value is -0.950. The van der Waals surface area contributed by atoms with Crippen molar-refractivity contribution in [2.24, 2.45) is 17.8 Å². The molecule has 0 bridgehead atoms. The van der Waals surface area contributed by atoms with E-state index in [1.165, 1.54) is 25.7 Å². The number of allylic oxidation sites excluding steroid dienone is 2. The molecule has 0 radical (unpaired) electrons. The first-order valence-electron chi connectivity index (χ1n) is 13.3. The molecular formula is C27H50O6. The van der Waals surface area contributed by atoms with Gasteiger partial charge in [0.05, 0.1) is 25.4 Å². The van der Waals surface area contributed by atoms with E-state index in [2.05, 4.69) is 19.1 Å². The van der Waals surface area contributed by atoms with Crippen LogP contribution in [0.15, 0.2) is 12.2 Å². The maximum absolute atomic E-state index is 11.6. The van der Waals surface area contributed by atoms with Crippen LogP contribution in [-0.4, -0.2) is 61.4 Å². The van der Waals surface area contributed by atoms with Gasteiger partial charge in [0.25, 0.3) is 0 Å². The molecule has 2 N–H and O–H groups in total. The Bertz CT molecular complexity index is 507. The molecule has 0 spiro atoms. The van der Waals surface area contributed by atoms with Crippen LogP contribution < -0.4 is 0 Å². The van der Waals surface area contributed by atoms with Gasteiger partial charge in [-0.2, -0.15) is 0 Å². The van der Waals surface area contributed by atoms with E-state index in [1.54, 1.807) is 0 Å². The number of ether oxygens (including phenoxy) is 3. The highest BCUT2D eigenvalue weighted by molar-refractivity contribution is 5.69. The molecule has 0 saturated heterocycles. The molecule has 194 valence electrons. The van der Waals surface area contributed by atoms with Crippen LogP contribution in [0, 0.1) is 17.8 Å². The van der Waals surface area contributed by atoms with E-state index < -0.39 is 0 Å². The lowest BCUT2D eigenvalue weighted by Crippen LogP contribution is -2.23. The Kier molecular flexibility index (Phi) is 17.7. The minimum absolute atomic E-state index is 0.0647. The number of rotatable bonds is 20. The van der Waals surface area contributed by atoms with Crippen LogP contribution in [0.1, 0.15) is 91.4 Å². The van der Waals surface area contributed by atoms with Crippen LogP contribution in [0.5, 0.6) is 0 Å². The number of aliphatic hydroxyl groups excluding tert-OH is 2. The molecule has 6 heteroatoms. The molecule has 0 aromatic rings. The summed E-state index contributed by atoms with van der Waals surface area (Å²) in [5, 5.41) is 20.3. The maximum Gasteiger partial charge on any atom is 0.306 e. The highest BCUT2D eigenvalue weighted by atomic mass is 16.5. The topological polar surface area (TPSA) is 85.2 Å². The summed E-state index contributed by atoms with van der Waals surface area (Å²) in [6.07, 6.45) is 14.3. The molecule has 4 atom stereocenters. The van der Waals surface area contributed by atoms with E-state index in [1.807, 2.05) is 13.8 Å². The minimum Gasteiger partial charge on any atom is -0.463 e. The summed E-state index contributed by atoms with van der Waals surface area (Å²) in [5.74, 6) is 0.391. The second-order valence-corrected chi connectivity index (χ2v) is 9.64. The summed E-state index contributed by atoms with van der Waals surface area (Å²) < 4.78 is 16.6. The lowest BCUT2D eigenvalue weighted by atomic mass is 9.84. The van der Waals surface area contributed by atoms with Crippen LogP contribution in [0.2, 0.25) is 0 Å². The second kappa shape index (κ2) is 19.4. The maximum atomic E-state index is 11.6. The zero-order chi connectivity index (χ0) is 24.3. The van der Waals surface area contributed by atoms with Crippen LogP contribution in [-0.2, 0) is 19.0 Å². The SMILES string of the molecule is CCCCCCCOCCOCC[C@H]1C(CO)C[C@H](O)C1C/C=C\CCCC(=O)OC(C)C. The largest absolute Gasteiger partial charge is 0.463 e. The number of carbonyl (C=O) groups is 1. The van der Waals surface area contributed by atoms with Gasteiger partial charge in [-0.3, -0.25) is 4.79 Å². The Morgan fingerprint density at radius 2 is 1.70 bits per heavy atom. The predicted molar refractivity (Wildman–Crippen MR) is 132 cm³/mol. The van der Waals surface area contributed by atoms with Gasteiger partial charge in [-0.1, -0.05) is 44.8 Å². The van der Waals surface area contributed by atoms with E-state index in [0.717, 1.165) is 38.7 Å². The number of aliphatic hydroxyl groups is 2. The van der Waals surface area contributed by atoms with Crippen molar-refractivity contribution in [3.05, 3.63) is 12.2 Å². The van der Waals surface area contributed by atoms with Crippen molar-refractivity contribution < 1.29 is 29.2 Å². The Morgan fingerprint density at radius 3 is 2.39 bits per heavy atom. The fourth-order valence-electron chi connectivity index (χ4n) is 4.69. The van der Waals surface area contributed by atoms with Crippen molar-refractivity contribution in [3.8, 4) is 0 Å². The third-order valence-electron chi connectivity index (χ3n) is 6.48. The molecule has 2 unspecified atom stereocenters. The van der Waals surface area contributed by atoms with Crippen LogP contribution in [0.4, 0.5) is 0 Å². The van der Waals surface area contributed by atoms with Gasteiger partial charge in [0.15, 0.2) is 0 Å². The smallest absolute Gasteiger partial charge is 0.306 e. The highest BCUT2D eigenvalue weighted by Gasteiger charge is 2.40. The summed E-state index contributed by atoms with van der Waals surface area (Å²) >= 11 is 0. The van der Waals surface area contributed by atoms with Crippen molar-refractivity contribution in [3.63, 3.8) is 0 Å². The van der Waals surface area contributed by atoms with E-state index in [-0.39, 0.29) is 42.5 Å². The summed E-state index contributed by atoms with van der Waals surface area (Å²) in [6, 6.07) is 0. The number of hydrogen-bond donors (Lipinski definition) is 2. The van der Waals surface area contributed by atoms with Crippen molar-refractivity contribution in [1.29, 1.82) is 0 Å². The fraction of sp³-hybridized carbons (Fsp3) is 0.889. The van der Waals surface area contributed by atoms with Gasteiger partial charge >= 0.3 is 5.97 Å². The number of unbranched alkanes of at least 4 members (excludes halogenated alkanes) is 5. The van der Waals surface area contributed by atoms with E-state index in [9.17, 15) is 15.0 Å². The van der Waals surface area contributed by atoms with E-state index in [0.29, 0.717) is 32.7 Å². The molecule has 0 aromatic heterocycles. The van der Waals surface area contributed by atoms with Crippen molar-refractivity contribution in [2.45, 2.75) is 104 Å². The van der Waals surface area contributed by atoms with Crippen LogP contribution >= 0.6 is 0 Å². The average Bonchev–Trinajstić information content (AvgIpc) is 3.08. The molecular weight excluding hydrogens is 420 g/mol. The zero-order valence-corrected chi connectivity index (χ0v) is 21.4. The quantitative estimate of drug-likeness (QED) is 0.147. The Morgan fingerprint density at radius 1 is 0.970 bits per heavy atom. The van der Waals surface area contributed by atoms with Crippen molar-refractivity contribution in [1.82, 2.24) is 0 Å². The zero-order valence-electron chi connectivity index (χ0n) is 21.4. The number of esters is 1. The molecule has 1 fully saturated rings. The molecule has 1 aliphatic carbocycles. The standard InChI is InChI=1S/C27H50O6/c1-4-5-6-9-12-16-31-18-19-32-17-15-24-23(21-28)20-26(29)25(24)13-10-7-8-11-14-27(30)33-22(2)3/h7,10,22-26,28-29H,4-6,8-9,11-21H2,1-3H3/b10-7-/t23?,24-,25?,26-/m0/s1. The molecule has 0 heterocycles. The van der Waals surface area contributed by atoms with Crippen molar-refractivity contribution in [2.75, 3.05) is 33.0 Å². The molecule has 1 aliphatic rings. The van der Waals surface area contributed by atoms with E-state index in [4.69, 9.17) is 14.2 Å². The normalized spacial score (nSPS) is 23.1. The summed E-state index contributed by atoms with van der Waals surface area (Å²) in [4.78, 5) is 11.6. The average molecular weight is 471 g/mol. The lowest BCUT2D eigenvalue weighted by molar-refractivity contribution is -0.147. The third kappa shape index (κ3) is 14.1. The fourth-order valence-corrected chi connectivity index (χ4v) is 4.69. The van der Waals surface area contributed by atoms with Gasteiger partial charge in [-0.15, -0.1) is 0 Å². The van der Waals surface area contributed by atoms with Gasteiger partial charge in [0, 0.05) is 26.2 Å². The Balaban J connectivity index is 2.21. The first kappa shape index (κ1) is 30.1. The highest BCUT2D eigenvalue weighted by Crippen LogP contribution is 2.41. The van der Waals surface area contributed by atoms with Gasteiger partial charge in [-0.05, 0) is 70.1 Å². The minimum atomic E-state index is -0.381. The van der Waals surface area contributed by atoms with E-state index >= 15 is 0 Å². The molecule has 33 heavy (non-hydrogen) atoms. The molecule has 1 saturated carbocycles. The molecule has 1 rings (SSSR count). The van der Waals surface area contributed by atoms with Crippen LogP contribution in [0.25, 0.3) is 0 Å². The monoisotopic (exact) mass is 470 g/mol. The van der Waals surface area contributed by atoms with Gasteiger partial charge < -0.3 is 24.4 Å². The third-order valence-corrected chi connectivity index (χ3v) is 6.48. The second-order valence-electron chi connectivity index (χ2n) is 9.64. The first-order chi connectivity index (χ1) is 16.0. The lowest BCUT2D eigenvalue weighted by Gasteiger charge is -2.24. The molecule has 0 aliphatic heterocycles. The van der Waals surface area contributed by atoms with Gasteiger partial charge in [0.2, 0.25) is 0 Å². The van der Waals surface area contributed by atoms with Gasteiger partial charge in [-0.25, -0.2) is 0 Å². The first-order valence-corrected chi connectivity index (χ1v) is 13.3. The van der Waals surface area contributed by atoms with Crippen molar-refractivity contribution >= 4 is 5.97 Å². The van der Waals surface area contributed by atoms with Gasteiger partial charge in [0.1, 0.15) is 0 Å². The predicted octanol–water partition coefficient (Wildman–Crippen LogP) is 5.05. The molecule has 0 aromatic carbocycles. The summed E-state index contributed by atoms with van der Waals surface area (Å²) in [5.41, 5.74) is 0. The summed E-state index contributed by atoms with van der Waals surface area (Å²) in [7, 11) is 0. The number of carbonyl (C=O) groups excluding carboxylic acids is 1. The Labute approximate surface area is 202 Å². The molecule has 0 amide bonds. The number of hydrogen-bond acceptors (Lipinski definition) is 6. The van der Waals surface area contributed by atoms with Crippen LogP contribution in [0.3, 0.4) is 0 Å². The summed E-state index contributed by atoms with van der Waals surface area (Å²) in [6.45, 7) is 8.71. The molecule has 6 nitrogen and oxygen atoms in total.